The molecular formula is C15H22ClNO5. The average molecular weight is 332 g/mol. The number of carbonyl (C=O) groups excluding carboxylic acids is 2. The van der Waals surface area contributed by atoms with E-state index in [1.807, 2.05) is 0 Å². The number of alkyl carbamates (subject to hydrolysis) is 1. The van der Waals surface area contributed by atoms with E-state index >= 15 is 0 Å². The van der Waals surface area contributed by atoms with Crippen molar-refractivity contribution in [2.75, 3.05) is 7.11 Å². The van der Waals surface area contributed by atoms with Gasteiger partial charge in [0.25, 0.3) is 0 Å². The fraction of sp³-hybridized carbons (Fsp3) is 0.467. The molecule has 0 radical (unpaired) electrons. The van der Waals surface area contributed by atoms with Gasteiger partial charge in [-0.2, -0.15) is 0 Å². The fourth-order valence-corrected chi connectivity index (χ4v) is 1.65. The molecule has 0 fully saturated rings. The first-order valence-corrected chi connectivity index (χ1v) is 6.56. The molecule has 1 atom stereocenters. The van der Waals surface area contributed by atoms with Gasteiger partial charge in [-0.3, -0.25) is 0 Å². The average Bonchev–Trinajstić information content (AvgIpc) is 2.37. The number of rotatable bonds is 4. The van der Waals surface area contributed by atoms with Gasteiger partial charge < -0.3 is 19.9 Å². The van der Waals surface area contributed by atoms with Gasteiger partial charge in [0.15, 0.2) is 0 Å². The van der Waals surface area contributed by atoms with Gasteiger partial charge in [-0.25, -0.2) is 9.59 Å². The number of benzene rings is 1. The molecule has 0 aliphatic rings. The molecule has 0 spiro atoms. The van der Waals surface area contributed by atoms with Gasteiger partial charge in [0.05, 0.1) is 7.11 Å². The number of phenols is 1. The highest BCUT2D eigenvalue weighted by atomic mass is 35.5. The van der Waals surface area contributed by atoms with Gasteiger partial charge in [0.1, 0.15) is 17.4 Å². The molecule has 0 aliphatic carbocycles. The molecule has 2 N–H and O–H groups in total. The van der Waals surface area contributed by atoms with Crippen LogP contribution >= 0.6 is 12.4 Å². The number of nitrogens with one attached hydrogen (secondary N) is 1. The molecule has 0 saturated heterocycles. The predicted molar refractivity (Wildman–Crippen MR) is 84.2 cm³/mol. The van der Waals surface area contributed by atoms with Crippen molar-refractivity contribution in [2.45, 2.75) is 38.8 Å². The molecule has 7 heteroatoms. The second-order valence-electron chi connectivity index (χ2n) is 5.59. The van der Waals surface area contributed by atoms with Crippen LogP contribution in [0.2, 0.25) is 0 Å². The first-order valence-electron chi connectivity index (χ1n) is 6.56. The van der Waals surface area contributed by atoms with E-state index in [1.54, 1.807) is 32.9 Å². The predicted octanol–water partition coefficient (Wildman–Crippen LogP) is 2.42. The molecule has 0 bridgehead atoms. The molecule has 1 rings (SSSR count). The van der Waals surface area contributed by atoms with Crippen LogP contribution in [-0.4, -0.2) is 35.9 Å². The monoisotopic (exact) mass is 331 g/mol. The summed E-state index contributed by atoms with van der Waals surface area (Å²) in [6, 6.07) is 5.51. The quantitative estimate of drug-likeness (QED) is 0.828. The zero-order valence-corrected chi connectivity index (χ0v) is 13.9. The number of aromatic hydroxyl groups is 1. The summed E-state index contributed by atoms with van der Waals surface area (Å²) >= 11 is 0. The van der Waals surface area contributed by atoms with E-state index in [2.05, 4.69) is 10.1 Å². The Morgan fingerprint density at radius 1 is 1.23 bits per heavy atom. The van der Waals surface area contributed by atoms with Crippen LogP contribution in [0.5, 0.6) is 5.75 Å². The van der Waals surface area contributed by atoms with Crippen molar-refractivity contribution in [1.82, 2.24) is 5.32 Å². The second kappa shape index (κ2) is 8.48. The van der Waals surface area contributed by atoms with Crippen molar-refractivity contribution in [3.8, 4) is 5.75 Å². The number of hydrogen-bond acceptors (Lipinski definition) is 5. The summed E-state index contributed by atoms with van der Waals surface area (Å²) in [5, 5.41) is 11.7. The van der Waals surface area contributed by atoms with Crippen molar-refractivity contribution in [1.29, 1.82) is 0 Å². The highest BCUT2D eigenvalue weighted by Crippen LogP contribution is 2.12. The summed E-state index contributed by atoms with van der Waals surface area (Å²) in [4.78, 5) is 23.5. The van der Waals surface area contributed by atoms with Crippen LogP contribution in [0.1, 0.15) is 26.3 Å². The molecule has 0 aromatic heterocycles. The fourth-order valence-electron chi connectivity index (χ4n) is 1.65. The Morgan fingerprint density at radius 2 is 1.77 bits per heavy atom. The molecule has 0 unspecified atom stereocenters. The normalized spacial score (nSPS) is 11.8. The van der Waals surface area contributed by atoms with E-state index in [0.29, 0.717) is 0 Å². The Kier molecular flexibility index (Phi) is 7.73. The number of hydrogen-bond donors (Lipinski definition) is 2. The summed E-state index contributed by atoms with van der Waals surface area (Å²) in [5.74, 6) is -0.428. The van der Waals surface area contributed by atoms with Gasteiger partial charge in [-0.05, 0) is 38.5 Å². The van der Waals surface area contributed by atoms with Crippen molar-refractivity contribution in [3.63, 3.8) is 0 Å². The summed E-state index contributed by atoms with van der Waals surface area (Å²) in [5.41, 5.74) is 0.128. The molecule has 0 heterocycles. The molecular weight excluding hydrogens is 310 g/mol. The van der Waals surface area contributed by atoms with Gasteiger partial charge >= 0.3 is 12.1 Å². The minimum atomic E-state index is -0.852. The van der Waals surface area contributed by atoms with Crippen LogP contribution in [0.25, 0.3) is 0 Å². The Bertz CT molecular complexity index is 496. The molecule has 22 heavy (non-hydrogen) atoms. The van der Waals surface area contributed by atoms with Crippen molar-refractivity contribution in [3.05, 3.63) is 29.8 Å². The number of methoxy groups -OCH3 is 1. The summed E-state index contributed by atoms with van der Waals surface area (Å²) in [6.07, 6.45) is -0.441. The van der Waals surface area contributed by atoms with Crippen molar-refractivity contribution < 1.29 is 24.2 Å². The largest absolute Gasteiger partial charge is 0.508 e. The van der Waals surface area contributed by atoms with E-state index in [9.17, 15) is 14.7 Å². The number of phenolic OH excluding ortho intramolecular Hbond substituents is 1. The van der Waals surface area contributed by atoms with Gasteiger partial charge in [-0.1, -0.05) is 12.1 Å². The Labute approximate surface area is 136 Å². The highest BCUT2D eigenvalue weighted by molar-refractivity contribution is 5.85. The number of esters is 1. The first-order chi connectivity index (χ1) is 9.71. The molecule has 0 aliphatic heterocycles. The zero-order chi connectivity index (χ0) is 16.0. The molecule has 124 valence electrons. The van der Waals surface area contributed by atoms with E-state index in [-0.39, 0.29) is 24.6 Å². The maximum absolute atomic E-state index is 11.8. The number of amides is 1. The van der Waals surface area contributed by atoms with E-state index < -0.39 is 23.7 Å². The number of ether oxygens (including phenoxy) is 2. The lowest BCUT2D eigenvalue weighted by Gasteiger charge is -2.22. The Hall–Kier alpha value is -1.95. The van der Waals surface area contributed by atoms with Crippen LogP contribution in [0, 0.1) is 0 Å². The van der Waals surface area contributed by atoms with Crippen LogP contribution in [-0.2, 0) is 20.7 Å². The zero-order valence-electron chi connectivity index (χ0n) is 13.1. The first kappa shape index (κ1) is 20.1. The number of carbonyl (C=O) groups is 2. The van der Waals surface area contributed by atoms with E-state index in [4.69, 9.17) is 4.74 Å². The Balaban J connectivity index is 0.00000441. The van der Waals surface area contributed by atoms with Crippen LogP contribution in [0.15, 0.2) is 24.3 Å². The molecule has 6 nitrogen and oxygen atoms in total. The summed E-state index contributed by atoms with van der Waals surface area (Å²) in [6.45, 7) is 5.21. The van der Waals surface area contributed by atoms with E-state index in [0.717, 1.165) is 5.56 Å². The second-order valence-corrected chi connectivity index (χ2v) is 5.59. The van der Waals surface area contributed by atoms with E-state index in [1.165, 1.54) is 19.2 Å². The lowest BCUT2D eigenvalue weighted by atomic mass is 10.1. The molecule has 1 amide bonds. The minimum Gasteiger partial charge on any atom is -0.508 e. The maximum Gasteiger partial charge on any atom is 0.408 e. The van der Waals surface area contributed by atoms with Gasteiger partial charge in [0, 0.05) is 6.42 Å². The summed E-state index contributed by atoms with van der Waals surface area (Å²) in [7, 11) is 1.25. The Morgan fingerprint density at radius 3 is 2.23 bits per heavy atom. The third kappa shape index (κ3) is 7.17. The molecule has 1 aromatic rings. The lowest BCUT2D eigenvalue weighted by Crippen LogP contribution is -2.45. The number of halogens is 1. The van der Waals surface area contributed by atoms with Crippen LogP contribution in [0.3, 0.4) is 0 Å². The van der Waals surface area contributed by atoms with Gasteiger partial charge in [-0.15, -0.1) is 12.4 Å². The topological polar surface area (TPSA) is 84.9 Å². The van der Waals surface area contributed by atoms with Crippen LogP contribution in [0.4, 0.5) is 4.79 Å². The third-order valence-corrected chi connectivity index (χ3v) is 2.55. The maximum atomic E-state index is 11.8. The standard InChI is InChI=1S/C15H21NO5.ClH/c1-15(2,3)21-14(19)16-12(13(18)20-4)9-10-5-7-11(17)8-6-10;/h5-8,12,17H,9H2,1-4H3,(H,16,19);1H/t12-;/m0./s1. The molecule has 0 saturated carbocycles. The van der Waals surface area contributed by atoms with Gasteiger partial charge in [0.2, 0.25) is 0 Å². The smallest absolute Gasteiger partial charge is 0.408 e. The summed E-state index contributed by atoms with van der Waals surface area (Å²) < 4.78 is 9.80. The molecule has 1 aromatic carbocycles. The van der Waals surface area contributed by atoms with Crippen LogP contribution < -0.4 is 5.32 Å². The lowest BCUT2D eigenvalue weighted by molar-refractivity contribution is -0.143. The third-order valence-electron chi connectivity index (χ3n) is 2.55. The highest BCUT2D eigenvalue weighted by Gasteiger charge is 2.25. The SMILES string of the molecule is COC(=O)[C@H](Cc1ccc(O)cc1)NC(=O)OC(C)(C)C.Cl. The van der Waals surface area contributed by atoms with Crippen molar-refractivity contribution in [2.24, 2.45) is 0 Å². The minimum absolute atomic E-state index is 0. The van der Waals surface area contributed by atoms with Crippen molar-refractivity contribution >= 4 is 24.5 Å².